The molecular formula is C35H30FN3O4. The zero-order chi connectivity index (χ0) is 30.4. The van der Waals surface area contributed by atoms with Gasteiger partial charge in [-0.25, -0.2) is 4.39 Å². The van der Waals surface area contributed by atoms with Crippen LogP contribution in [-0.2, 0) is 26.5 Å². The topological polar surface area (TPSA) is 106 Å². The van der Waals surface area contributed by atoms with Crippen LogP contribution in [0, 0.1) is 0 Å². The van der Waals surface area contributed by atoms with E-state index in [1.165, 1.54) is 31.2 Å². The molecule has 0 fully saturated rings. The fourth-order valence-corrected chi connectivity index (χ4v) is 5.13. The molecule has 0 aliphatic carbocycles. The highest BCUT2D eigenvalue weighted by Gasteiger charge is 2.48. The number of nitrogens with one attached hydrogen (secondary N) is 1. The summed E-state index contributed by atoms with van der Waals surface area (Å²) in [6.45, 7) is 1.51. The maximum absolute atomic E-state index is 17.2. The number of para-hydroxylation sites is 2. The quantitative estimate of drug-likeness (QED) is 0.100. The van der Waals surface area contributed by atoms with E-state index in [1.54, 1.807) is 48.8 Å². The summed E-state index contributed by atoms with van der Waals surface area (Å²) in [5, 5.41) is 4.13. The Hall–Kier alpha value is -5.11. The minimum atomic E-state index is -3.09. The molecule has 0 aliphatic rings. The number of hydrogen-bond acceptors (Lipinski definition) is 6. The van der Waals surface area contributed by atoms with Gasteiger partial charge in [0.25, 0.3) is 11.6 Å². The molecule has 3 aromatic carbocycles. The molecule has 1 atom stereocenters. The molecule has 2 aromatic heterocycles. The van der Waals surface area contributed by atoms with E-state index in [-0.39, 0.29) is 35.7 Å². The molecule has 0 aliphatic heterocycles. The van der Waals surface area contributed by atoms with Crippen LogP contribution in [0.15, 0.2) is 97.3 Å². The van der Waals surface area contributed by atoms with Crippen molar-refractivity contribution in [2.24, 2.45) is 0 Å². The SMILES string of the molecule is CC(=O)CCCCC(=O)c1ccc(C(F)(C(=O)Cc2cccc3cccnc23)C(=O)Nc2cccc3cccnc23)cc1. The van der Waals surface area contributed by atoms with E-state index in [1.807, 2.05) is 24.3 Å². The van der Waals surface area contributed by atoms with Crippen molar-refractivity contribution in [2.45, 2.75) is 44.7 Å². The van der Waals surface area contributed by atoms with Gasteiger partial charge in [-0.1, -0.05) is 66.7 Å². The molecule has 0 radical (unpaired) electrons. The number of Topliss-reactive ketones (excluding diaryl/α,β-unsaturated/α-hetero) is 3. The van der Waals surface area contributed by atoms with E-state index in [0.717, 1.165) is 10.8 Å². The van der Waals surface area contributed by atoms with Gasteiger partial charge in [0.15, 0.2) is 11.6 Å². The minimum absolute atomic E-state index is 0.0672. The molecule has 2 heterocycles. The Labute approximate surface area is 248 Å². The fraction of sp³-hybridized carbons (Fsp3) is 0.200. The molecule has 7 nitrogen and oxygen atoms in total. The first kappa shape index (κ1) is 29.4. The van der Waals surface area contributed by atoms with E-state index in [0.29, 0.717) is 41.4 Å². The lowest BCUT2D eigenvalue weighted by Crippen LogP contribution is -2.44. The Balaban J connectivity index is 1.47. The number of anilines is 1. The van der Waals surface area contributed by atoms with Gasteiger partial charge in [-0.2, -0.15) is 0 Å². The summed E-state index contributed by atoms with van der Waals surface area (Å²) in [4.78, 5) is 60.2. The number of hydrogen-bond donors (Lipinski definition) is 1. The van der Waals surface area contributed by atoms with Crippen LogP contribution in [-0.4, -0.2) is 33.2 Å². The van der Waals surface area contributed by atoms with Crippen molar-refractivity contribution < 1.29 is 23.6 Å². The monoisotopic (exact) mass is 575 g/mol. The second-order valence-electron chi connectivity index (χ2n) is 10.5. The third-order valence-corrected chi connectivity index (χ3v) is 7.43. The van der Waals surface area contributed by atoms with Crippen LogP contribution in [0.5, 0.6) is 0 Å². The number of ketones is 3. The summed E-state index contributed by atoms with van der Waals surface area (Å²) in [7, 11) is 0. The number of rotatable bonds is 12. The largest absolute Gasteiger partial charge is 0.321 e. The smallest absolute Gasteiger partial charge is 0.274 e. The van der Waals surface area contributed by atoms with Crippen molar-refractivity contribution in [3.63, 3.8) is 0 Å². The summed E-state index contributed by atoms with van der Waals surface area (Å²) in [5.41, 5.74) is -1.19. The van der Waals surface area contributed by atoms with Gasteiger partial charge in [-0.05, 0) is 43.5 Å². The second-order valence-corrected chi connectivity index (χ2v) is 10.5. The van der Waals surface area contributed by atoms with Gasteiger partial charge in [0.05, 0.1) is 16.7 Å². The molecule has 0 saturated heterocycles. The lowest BCUT2D eigenvalue weighted by Gasteiger charge is -2.24. The number of aromatic nitrogens is 2. The first-order valence-corrected chi connectivity index (χ1v) is 14.1. The molecule has 0 bridgehead atoms. The number of pyridine rings is 2. The Morgan fingerprint density at radius 2 is 1.35 bits per heavy atom. The summed E-state index contributed by atoms with van der Waals surface area (Å²) in [6, 6.07) is 23.1. The first-order chi connectivity index (χ1) is 20.8. The van der Waals surface area contributed by atoms with Crippen molar-refractivity contribution >= 4 is 50.8 Å². The predicted molar refractivity (Wildman–Crippen MR) is 164 cm³/mol. The average Bonchev–Trinajstić information content (AvgIpc) is 3.03. The number of benzene rings is 3. The minimum Gasteiger partial charge on any atom is -0.321 e. The zero-order valence-corrected chi connectivity index (χ0v) is 23.7. The van der Waals surface area contributed by atoms with Crippen LogP contribution in [0.1, 0.15) is 54.1 Å². The van der Waals surface area contributed by atoms with Crippen molar-refractivity contribution in [1.82, 2.24) is 9.97 Å². The van der Waals surface area contributed by atoms with Crippen LogP contribution in [0.4, 0.5) is 10.1 Å². The van der Waals surface area contributed by atoms with Gasteiger partial charge >= 0.3 is 0 Å². The number of fused-ring (bicyclic) bond motifs is 2. The van der Waals surface area contributed by atoms with Crippen LogP contribution >= 0.6 is 0 Å². The third kappa shape index (κ3) is 6.38. The molecule has 1 unspecified atom stereocenters. The molecule has 1 N–H and O–H groups in total. The maximum atomic E-state index is 17.2. The van der Waals surface area contributed by atoms with Crippen LogP contribution in [0.2, 0.25) is 0 Å². The summed E-state index contributed by atoms with van der Waals surface area (Å²) in [6.07, 6.45) is 4.56. The van der Waals surface area contributed by atoms with E-state index < -0.39 is 17.4 Å². The van der Waals surface area contributed by atoms with Crippen molar-refractivity contribution in [2.75, 3.05) is 5.32 Å². The standard InChI is InChI=1S/C35H30FN3O4/c1-23(40)8-2-3-15-30(41)24-16-18-28(19-17-24)35(36,31(42)22-27-11-4-9-25-12-6-20-37-32(25)27)34(43)39-29-14-5-10-26-13-7-21-38-33(26)29/h4-7,9-14,16-21H,2-3,8,15,22H2,1H3,(H,39,43). The van der Waals surface area contributed by atoms with Crippen molar-refractivity contribution in [1.29, 1.82) is 0 Å². The second kappa shape index (κ2) is 12.8. The van der Waals surface area contributed by atoms with Gasteiger partial charge < -0.3 is 10.1 Å². The highest BCUT2D eigenvalue weighted by atomic mass is 19.1. The number of nitrogens with zero attached hydrogens (tertiary/aromatic N) is 2. The van der Waals surface area contributed by atoms with Gasteiger partial charge in [0.2, 0.25) is 0 Å². The molecule has 1 amide bonds. The Morgan fingerprint density at radius 3 is 2.05 bits per heavy atom. The first-order valence-electron chi connectivity index (χ1n) is 14.1. The van der Waals surface area contributed by atoms with E-state index in [4.69, 9.17) is 0 Å². The Morgan fingerprint density at radius 1 is 0.744 bits per heavy atom. The fourth-order valence-electron chi connectivity index (χ4n) is 5.13. The van der Waals surface area contributed by atoms with Gasteiger partial charge in [0, 0.05) is 53.6 Å². The molecule has 0 spiro atoms. The third-order valence-electron chi connectivity index (χ3n) is 7.43. The molecular weight excluding hydrogens is 545 g/mol. The molecule has 43 heavy (non-hydrogen) atoms. The lowest BCUT2D eigenvalue weighted by molar-refractivity contribution is -0.141. The number of unbranched alkanes of at least 4 members (excludes halogenated alkanes) is 1. The number of alkyl halides is 1. The van der Waals surface area contributed by atoms with Crippen molar-refractivity contribution in [3.8, 4) is 0 Å². The number of amides is 1. The normalized spacial score (nSPS) is 12.5. The highest BCUT2D eigenvalue weighted by Crippen LogP contribution is 2.33. The number of carbonyl (C=O) groups excluding carboxylic acids is 4. The maximum Gasteiger partial charge on any atom is 0.274 e. The summed E-state index contributed by atoms with van der Waals surface area (Å²) >= 11 is 0. The van der Waals surface area contributed by atoms with E-state index >= 15 is 4.39 Å². The van der Waals surface area contributed by atoms with Gasteiger partial charge in [-0.3, -0.25) is 24.4 Å². The average molecular weight is 576 g/mol. The van der Waals surface area contributed by atoms with Crippen LogP contribution in [0.3, 0.4) is 0 Å². The molecule has 8 heteroatoms. The van der Waals surface area contributed by atoms with Gasteiger partial charge in [-0.15, -0.1) is 0 Å². The van der Waals surface area contributed by atoms with Crippen molar-refractivity contribution in [3.05, 3.63) is 114 Å². The zero-order valence-electron chi connectivity index (χ0n) is 23.7. The molecule has 5 rings (SSSR count). The lowest BCUT2D eigenvalue weighted by atomic mass is 9.85. The van der Waals surface area contributed by atoms with Gasteiger partial charge in [0.1, 0.15) is 5.78 Å². The number of carbonyl (C=O) groups is 4. The molecule has 0 saturated carbocycles. The Kier molecular flexibility index (Phi) is 8.76. The molecule has 216 valence electrons. The Bertz CT molecular complexity index is 1730. The van der Waals surface area contributed by atoms with Crippen LogP contribution in [0.25, 0.3) is 21.8 Å². The highest BCUT2D eigenvalue weighted by molar-refractivity contribution is 6.17. The van der Waals surface area contributed by atoms with E-state index in [2.05, 4.69) is 15.3 Å². The predicted octanol–water partition coefficient (Wildman–Crippen LogP) is 6.73. The molecule has 5 aromatic rings. The summed E-state index contributed by atoms with van der Waals surface area (Å²) in [5.74, 6) is -2.23. The number of halogens is 1. The van der Waals surface area contributed by atoms with Crippen LogP contribution < -0.4 is 5.32 Å². The van der Waals surface area contributed by atoms with E-state index in [9.17, 15) is 19.2 Å². The summed E-state index contributed by atoms with van der Waals surface area (Å²) < 4.78 is 17.2.